The molecule has 0 radical (unpaired) electrons. The number of benzene rings is 1. The Morgan fingerprint density at radius 2 is 1.40 bits per heavy atom. The highest BCUT2D eigenvalue weighted by atomic mass is 31.2. The lowest BCUT2D eigenvalue weighted by atomic mass is 9.96. The Labute approximate surface area is 150 Å². The van der Waals surface area contributed by atoms with Gasteiger partial charge < -0.3 is 19.6 Å². The fourth-order valence-electron chi connectivity index (χ4n) is 2.87. The van der Waals surface area contributed by atoms with Crippen LogP contribution in [0.4, 0.5) is 0 Å². The fourth-order valence-corrected chi connectivity index (χ4v) is 5.62. The topological polar surface area (TPSA) is 115 Å². The second kappa shape index (κ2) is 10.0. The van der Waals surface area contributed by atoms with Gasteiger partial charge in [-0.2, -0.15) is 0 Å². The van der Waals surface area contributed by atoms with Crippen LogP contribution in [-0.2, 0) is 15.6 Å². The zero-order valence-corrected chi connectivity index (χ0v) is 16.7. The molecular formula is C17H30O6P2. The summed E-state index contributed by atoms with van der Waals surface area (Å²) in [7, 11) is -9.74. The molecule has 0 fully saturated rings. The first kappa shape index (κ1) is 22.6. The summed E-state index contributed by atoms with van der Waals surface area (Å²) in [6.45, 7) is 3.90. The van der Waals surface area contributed by atoms with Crippen molar-refractivity contribution in [3.63, 3.8) is 0 Å². The van der Waals surface area contributed by atoms with Crippen LogP contribution in [0.15, 0.2) is 24.3 Å². The average Bonchev–Trinajstić information content (AvgIpc) is 2.50. The van der Waals surface area contributed by atoms with Gasteiger partial charge in [0.25, 0.3) is 0 Å². The summed E-state index contributed by atoms with van der Waals surface area (Å²) in [5.41, 5.74) is 2.02. The molecule has 0 saturated carbocycles. The molecule has 1 rings (SSSR count). The second-order valence-electron chi connectivity index (χ2n) is 6.70. The summed E-state index contributed by atoms with van der Waals surface area (Å²) in [4.78, 5) is 36.9. The van der Waals surface area contributed by atoms with Gasteiger partial charge in [-0.05, 0) is 36.3 Å². The van der Waals surface area contributed by atoms with Crippen LogP contribution in [0.25, 0.3) is 0 Å². The molecule has 4 N–H and O–H groups in total. The van der Waals surface area contributed by atoms with Crippen molar-refractivity contribution in [2.45, 2.75) is 70.1 Å². The highest BCUT2D eigenvalue weighted by Gasteiger charge is 2.43. The van der Waals surface area contributed by atoms with Crippen LogP contribution in [0.5, 0.6) is 0 Å². The lowest BCUT2D eigenvalue weighted by Crippen LogP contribution is -2.13. The van der Waals surface area contributed by atoms with Crippen molar-refractivity contribution in [2.75, 3.05) is 0 Å². The van der Waals surface area contributed by atoms with Gasteiger partial charge in [0.15, 0.2) is 5.40 Å². The molecule has 0 saturated heterocycles. The zero-order valence-electron chi connectivity index (χ0n) is 14.9. The molecule has 0 aliphatic rings. The largest absolute Gasteiger partial charge is 0.340 e. The van der Waals surface area contributed by atoms with Crippen molar-refractivity contribution in [1.29, 1.82) is 0 Å². The maximum Gasteiger partial charge on any atom is 0.340 e. The van der Waals surface area contributed by atoms with Crippen molar-refractivity contribution < 1.29 is 28.7 Å². The van der Waals surface area contributed by atoms with Gasteiger partial charge in [-0.25, -0.2) is 0 Å². The standard InChI is InChI=1S/C17H30O6P2/c1-3-4-5-6-7-8-15-9-11-16(12-10-15)14(2)13-17(24(18,19)20)25(21,22)23/h9-12,14,17H,3-8,13H2,1-2H3,(H2,18,19,20)(H2,21,22,23). The molecule has 8 heteroatoms. The number of unbranched alkanes of at least 4 members (excludes halogenated alkanes) is 4. The van der Waals surface area contributed by atoms with Crippen molar-refractivity contribution in [2.24, 2.45) is 0 Å². The predicted octanol–water partition coefficient (Wildman–Crippen LogP) is 4.37. The SMILES string of the molecule is CCCCCCCc1ccc(C(C)CC(P(=O)(O)O)P(=O)(O)O)cc1. The minimum atomic E-state index is -4.87. The van der Waals surface area contributed by atoms with Gasteiger partial charge in [-0.15, -0.1) is 0 Å². The highest BCUT2D eigenvalue weighted by molar-refractivity contribution is 7.70. The summed E-state index contributed by atoms with van der Waals surface area (Å²) in [5.74, 6) is -0.358. The molecule has 1 unspecified atom stereocenters. The summed E-state index contributed by atoms with van der Waals surface area (Å²) in [5, 5.41) is -1.95. The lowest BCUT2D eigenvalue weighted by molar-refractivity contribution is 0.332. The van der Waals surface area contributed by atoms with E-state index in [1.807, 2.05) is 24.3 Å². The van der Waals surface area contributed by atoms with Crippen molar-refractivity contribution in [3.05, 3.63) is 35.4 Å². The van der Waals surface area contributed by atoms with E-state index in [1.165, 1.54) is 31.2 Å². The van der Waals surface area contributed by atoms with E-state index in [4.69, 9.17) is 0 Å². The van der Waals surface area contributed by atoms with E-state index in [9.17, 15) is 28.7 Å². The lowest BCUT2D eigenvalue weighted by Gasteiger charge is -2.23. The number of aryl methyl sites for hydroxylation is 1. The van der Waals surface area contributed by atoms with Crippen LogP contribution in [0, 0.1) is 0 Å². The maximum absolute atomic E-state index is 11.4. The quantitative estimate of drug-likeness (QED) is 0.328. The molecule has 0 heterocycles. The van der Waals surface area contributed by atoms with Gasteiger partial charge in [-0.3, -0.25) is 9.13 Å². The smallest absolute Gasteiger partial charge is 0.324 e. The molecule has 6 nitrogen and oxygen atoms in total. The Morgan fingerprint density at radius 1 is 0.880 bits per heavy atom. The highest BCUT2D eigenvalue weighted by Crippen LogP contribution is 2.62. The van der Waals surface area contributed by atoms with Gasteiger partial charge in [0.05, 0.1) is 0 Å². The van der Waals surface area contributed by atoms with Crippen LogP contribution in [0.2, 0.25) is 0 Å². The van der Waals surface area contributed by atoms with Crippen LogP contribution in [0.3, 0.4) is 0 Å². The van der Waals surface area contributed by atoms with Crippen LogP contribution < -0.4 is 0 Å². The van der Waals surface area contributed by atoms with Crippen molar-refractivity contribution >= 4 is 15.2 Å². The molecule has 0 spiro atoms. The van der Waals surface area contributed by atoms with Crippen LogP contribution in [0.1, 0.15) is 69.4 Å². The van der Waals surface area contributed by atoms with E-state index in [0.717, 1.165) is 18.4 Å². The maximum atomic E-state index is 11.4. The van der Waals surface area contributed by atoms with E-state index in [-0.39, 0.29) is 12.3 Å². The van der Waals surface area contributed by atoms with E-state index in [0.29, 0.717) is 0 Å². The molecule has 0 aliphatic carbocycles. The zero-order chi connectivity index (χ0) is 19.1. The number of hydrogen-bond donors (Lipinski definition) is 4. The number of rotatable bonds is 11. The molecular weight excluding hydrogens is 362 g/mol. The molecule has 0 aromatic heterocycles. The first-order valence-corrected chi connectivity index (χ1v) is 12.1. The third kappa shape index (κ3) is 8.17. The molecule has 1 aromatic rings. The first-order chi connectivity index (χ1) is 11.6. The Bertz CT molecular complexity index is 582. The average molecular weight is 392 g/mol. The molecule has 25 heavy (non-hydrogen) atoms. The minimum Gasteiger partial charge on any atom is -0.324 e. The van der Waals surface area contributed by atoms with Gasteiger partial charge in [-0.1, -0.05) is 63.8 Å². The Kier molecular flexibility index (Phi) is 9.03. The van der Waals surface area contributed by atoms with Gasteiger partial charge in [0.1, 0.15) is 0 Å². The number of hydrogen-bond acceptors (Lipinski definition) is 2. The summed E-state index contributed by atoms with van der Waals surface area (Å²) < 4.78 is 22.8. The normalized spacial score (nSPS) is 14.0. The molecule has 0 aliphatic heterocycles. The summed E-state index contributed by atoms with van der Waals surface area (Å²) >= 11 is 0. The van der Waals surface area contributed by atoms with Crippen molar-refractivity contribution in [1.82, 2.24) is 0 Å². The van der Waals surface area contributed by atoms with E-state index >= 15 is 0 Å². The monoisotopic (exact) mass is 392 g/mol. The second-order valence-corrected chi connectivity index (χ2v) is 10.7. The minimum absolute atomic E-state index is 0.259. The van der Waals surface area contributed by atoms with Gasteiger partial charge in [0.2, 0.25) is 0 Å². The van der Waals surface area contributed by atoms with Gasteiger partial charge >= 0.3 is 15.2 Å². The van der Waals surface area contributed by atoms with Crippen LogP contribution in [-0.4, -0.2) is 25.0 Å². The molecule has 0 bridgehead atoms. The van der Waals surface area contributed by atoms with Gasteiger partial charge in [0, 0.05) is 0 Å². The fraction of sp³-hybridized carbons (Fsp3) is 0.647. The molecule has 1 atom stereocenters. The summed E-state index contributed by atoms with van der Waals surface area (Å²) in [6, 6.07) is 7.72. The Morgan fingerprint density at radius 3 is 1.88 bits per heavy atom. The van der Waals surface area contributed by atoms with E-state index in [2.05, 4.69) is 6.92 Å². The molecule has 1 aromatic carbocycles. The summed E-state index contributed by atoms with van der Waals surface area (Å²) in [6.07, 6.45) is 6.80. The molecule has 0 amide bonds. The Hall–Kier alpha value is -0.480. The van der Waals surface area contributed by atoms with Crippen LogP contribution >= 0.6 is 15.2 Å². The first-order valence-electron chi connectivity index (χ1n) is 8.75. The van der Waals surface area contributed by atoms with E-state index in [1.54, 1.807) is 6.92 Å². The molecule has 144 valence electrons. The Balaban J connectivity index is 2.65. The van der Waals surface area contributed by atoms with Crippen molar-refractivity contribution in [3.8, 4) is 0 Å². The predicted molar refractivity (Wildman–Crippen MR) is 99.8 cm³/mol. The third-order valence-electron chi connectivity index (χ3n) is 4.46. The third-order valence-corrected chi connectivity index (χ3v) is 8.24. The van der Waals surface area contributed by atoms with E-state index < -0.39 is 20.6 Å².